The zero-order valence-corrected chi connectivity index (χ0v) is 31.1. The summed E-state index contributed by atoms with van der Waals surface area (Å²) in [7, 11) is 0. The van der Waals surface area contributed by atoms with Gasteiger partial charge in [0.15, 0.2) is 23.1 Å². The number of furan rings is 2. The Morgan fingerprint density at radius 2 is 1.11 bits per heavy atom. The lowest BCUT2D eigenvalue weighted by molar-refractivity contribution is 0.651. The summed E-state index contributed by atoms with van der Waals surface area (Å²) in [6.07, 6.45) is 9.51. The minimum atomic E-state index is 0.123. The summed E-state index contributed by atoms with van der Waals surface area (Å²) in [5, 5.41) is 4.26. The second-order valence-corrected chi connectivity index (χ2v) is 14.5. The Hall–Kier alpha value is -7.44. The van der Waals surface area contributed by atoms with Gasteiger partial charge in [0, 0.05) is 44.2 Å². The molecule has 270 valence electrons. The third kappa shape index (κ3) is 5.56. The van der Waals surface area contributed by atoms with Crippen LogP contribution < -0.4 is 0 Å². The van der Waals surface area contributed by atoms with E-state index in [9.17, 15) is 0 Å². The van der Waals surface area contributed by atoms with Gasteiger partial charge in [0.25, 0.3) is 0 Å². The smallest absolute Gasteiger partial charge is 0.167 e. The molecule has 4 aromatic heterocycles. The van der Waals surface area contributed by atoms with E-state index in [2.05, 4.69) is 91.9 Å². The van der Waals surface area contributed by atoms with Crippen molar-refractivity contribution in [3.8, 4) is 56.5 Å². The predicted octanol–water partition coefficient (Wildman–Crippen LogP) is 13.3. The zero-order chi connectivity index (χ0) is 37.9. The first-order chi connectivity index (χ1) is 28.2. The molecule has 1 atom stereocenters. The molecule has 0 saturated carbocycles. The summed E-state index contributed by atoms with van der Waals surface area (Å²) in [5.74, 6) is 1.89. The van der Waals surface area contributed by atoms with Crippen molar-refractivity contribution in [2.45, 2.75) is 19.3 Å². The minimum Gasteiger partial charge on any atom is -0.455 e. The molecule has 0 N–H and O–H groups in total. The summed E-state index contributed by atoms with van der Waals surface area (Å²) in [4.78, 5) is 20.4. The molecular weight excluding hydrogens is 701 g/mol. The Bertz CT molecular complexity index is 3170. The molecule has 0 bridgehead atoms. The standard InChI is InChI=1S/C51H34N4O2/c1-31-43-38-24-11-12-28-41(38)56-48(43)46(32-16-5-2-6-17-32)52-45(31)36-23-13-22-35(30-36)37-25-15-29-42-44(37)39-26-14-27-40(47(39)57-42)51-54-49(33-18-7-3-8-19-33)53-50(55-51)34-20-9-4-10-21-34/h2-16,18-30,32H,17H2,1H3. The lowest BCUT2D eigenvalue weighted by Crippen LogP contribution is -2.03. The van der Waals surface area contributed by atoms with E-state index in [1.165, 1.54) is 0 Å². The number of fused-ring (bicyclic) bond motifs is 6. The summed E-state index contributed by atoms with van der Waals surface area (Å²) in [5.41, 5.74) is 12.1. The van der Waals surface area contributed by atoms with Gasteiger partial charge in [-0.1, -0.05) is 146 Å². The van der Waals surface area contributed by atoms with Crippen LogP contribution in [0.25, 0.3) is 100 Å². The third-order valence-electron chi connectivity index (χ3n) is 11.0. The van der Waals surface area contributed by atoms with Crippen molar-refractivity contribution < 1.29 is 8.83 Å². The summed E-state index contributed by atoms with van der Waals surface area (Å²) in [6.45, 7) is 2.17. The number of aryl methyl sites for hydroxylation is 1. The molecule has 1 unspecified atom stereocenters. The van der Waals surface area contributed by atoms with E-state index in [1.54, 1.807) is 0 Å². The van der Waals surface area contributed by atoms with Gasteiger partial charge in [-0.25, -0.2) is 19.9 Å². The molecule has 0 fully saturated rings. The summed E-state index contributed by atoms with van der Waals surface area (Å²) < 4.78 is 13.3. The summed E-state index contributed by atoms with van der Waals surface area (Å²) in [6, 6.07) is 49.5. The van der Waals surface area contributed by atoms with E-state index in [0.717, 1.165) is 101 Å². The van der Waals surface area contributed by atoms with Crippen molar-refractivity contribution in [3.63, 3.8) is 0 Å². The molecule has 0 aliphatic heterocycles. The fourth-order valence-electron chi connectivity index (χ4n) is 8.31. The molecule has 6 nitrogen and oxygen atoms in total. The Labute approximate surface area is 328 Å². The highest BCUT2D eigenvalue weighted by molar-refractivity contribution is 6.15. The van der Waals surface area contributed by atoms with Gasteiger partial charge in [-0.15, -0.1) is 0 Å². The molecule has 0 saturated heterocycles. The van der Waals surface area contributed by atoms with Crippen LogP contribution in [-0.2, 0) is 0 Å². The molecule has 10 aromatic rings. The van der Waals surface area contributed by atoms with Crippen LogP contribution in [0.15, 0.2) is 179 Å². The molecule has 0 amide bonds. The number of hydrogen-bond acceptors (Lipinski definition) is 6. The SMILES string of the molecule is Cc1c(-c2cccc(-c3cccc4oc5c(-c6nc(-c7ccccc7)nc(-c7ccccc7)n6)cccc5c34)c2)nc(C2C=CC=CC2)c2oc3ccccc3c12. The molecule has 1 aliphatic rings. The van der Waals surface area contributed by atoms with Gasteiger partial charge in [-0.2, -0.15) is 0 Å². The van der Waals surface area contributed by atoms with Gasteiger partial charge in [0.2, 0.25) is 0 Å². The van der Waals surface area contributed by atoms with Gasteiger partial charge in [0.1, 0.15) is 16.7 Å². The number of para-hydroxylation sites is 2. The van der Waals surface area contributed by atoms with E-state index in [-0.39, 0.29) is 5.92 Å². The Morgan fingerprint density at radius 1 is 0.491 bits per heavy atom. The number of nitrogens with zero attached hydrogens (tertiary/aromatic N) is 4. The van der Waals surface area contributed by atoms with Gasteiger partial charge in [-0.05, 0) is 54.3 Å². The van der Waals surface area contributed by atoms with Gasteiger partial charge in [0.05, 0.1) is 17.0 Å². The average Bonchev–Trinajstić information content (AvgIpc) is 3.87. The first-order valence-electron chi connectivity index (χ1n) is 19.3. The summed E-state index contributed by atoms with van der Waals surface area (Å²) >= 11 is 0. The van der Waals surface area contributed by atoms with Crippen molar-refractivity contribution in [1.82, 2.24) is 19.9 Å². The van der Waals surface area contributed by atoms with Crippen molar-refractivity contribution in [2.24, 2.45) is 0 Å². The minimum absolute atomic E-state index is 0.123. The monoisotopic (exact) mass is 734 g/mol. The van der Waals surface area contributed by atoms with Crippen molar-refractivity contribution in [2.75, 3.05) is 0 Å². The fraction of sp³-hybridized carbons (Fsp3) is 0.0588. The number of allylic oxidation sites excluding steroid dienone is 4. The van der Waals surface area contributed by atoms with Crippen molar-refractivity contribution >= 4 is 43.9 Å². The first-order valence-corrected chi connectivity index (χ1v) is 19.3. The molecule has 6 heteroatoms. The maximum Gasteiger partial charge on any atom is 0.167 e. The van der Waals surface area contributed by atoms with Crippen LogP contribution in [0.3, 0.4) is 0 Å². The van der Waals surface area contributed by atoms with Crippen LogP contribution in [0.2, 0.25) is 0 Å². The van der Waals surface area contributed by atoms with E-state index < -0.39 is 0 Å². The number of aromatic nitrogens is 4. The Balaban J connectivity index is 1.08. The van der Waals surface area contributed by atoms with E-state index in [1.807, 2.05) is 84.9 Å². The second-order valence-electron chi connectivity index (χ2n) is 14.5. The number of pyridine rings is 1. The van der Waals surface area contributed by atoms with E-state index >= 15 is 0 Å². The normalized spacial score (nSPS) is 14.0. The number of rotatable bonds is 6. The highest BCUT2D eigenvalue weighted by atomic mass is 16.3. The van der Waals surface area contributed by atoms with Gasteiger partial charge in [-0.3, -0.25) is 0 Å². The zero-order valence-electron chi connectivity index (χ0n) is 31.1. The van der Waals surface area contributed by atoms with Crippen molar-refractivity contribution in [3.05, 3.63) is 181 Å². The van der Waals surface area contributed by atoms with Crippen LogP contribution in [0, 0.1) is 6.92 Å². The molecule has 0 radical (unpaired) electrons. The Morgan fingerprint density at radius 3 is 1.88 bits per heavy atom. The quantitative estimate of drug-likeness (QED) is 0.169. The maximum atomic E-state index is 6.75. The van der Waals surface area contributed by atoms with Crippen LogP contribution in [0.5, 0.6) is 0 Å². The fourth-order valence-corrected chi connectivity index (χ4v) is 8.31. The predicted molar refractivity (Wildman–Crippen MR) is 230 cm³/mol. The molecule has 1 aliphatic carbocycles. The van der Waals surface area contributed by atoms with E-state index in [0.29, 0.717) is 17.5 Å². The Kier molecular flexibility index (Phi) is 7.74. The largest absolute Gasteiger partial charge is 0.455 e. The second kappa shape index (κ2) is 13.4. The topological polar surface area (TPSA) is 77.8 Å². The highest BCUT2D eigenvalue weighted by Crippen LogP contribution is 2.43. The average molecular weight is 735 g/mol. The van der Waals surface area contributed by atoms with Gasteiger partial charge < -0.3 is 8.83 Å². The van der Waals surface area contributed by atoms with Crippen LogP contribution in [0.1, 0.15) is 23.6 Å². The molecule has 4 heterocycles. The lowest BCUT2D eigenvalue weighted by atomic mass is 9.91. The molecule has 0 spiro atoms. The molecular formula is C51H34N4O2. The lowest BCUT2D eigenvalue weighted by Gasteiger charge is -2.17. The maximum absolute atomic E-state index is 6.75. The van der Waals surface area contributed by atoms with Crippen LogP contribution in [-0.4, -0.2) is 19.9 Å². The number of hydrogen-bond donors (Lipinski definition) is 0. The molecule has 11 rings (SSSR count). The number of benzene rings is 6. The van der Waals surface area contributed by atoms with Crippen molar-refractivity contribution in [1.29, 1.82) is 0 Å². The highest BCUT2D eigenvalue weighted by Gasteiger charge is 2.24. The van der Waals surface area contributed by atoms with E-state index in [4.69, 9.17) is 28.8 Å². The first kappa shape index (κ1) is 32.9. The molecule has 6 aromatic carbocycles. The molecule has 57 heavy (non-hydrogen) atoms. The van der Waals surface area contributed by atoms with Crippen LogP contribution >= 0.6 is 0 Å². The van der Waals surface area contributed by atoms with Gasteiger partial charge >= 0.3 is 0 Å². The van der Waals surface area contributed by atoms with Crippen LogP contribution in [0.4, 0.5) is 0 Å². The third-order valence-corrected chi connectivity index (χ3v) is 11.0.